The first-order valence-corrected chi connectivity index (χ1v) is 6.93. The molecule has 17 heavy (non-hydrogen) atoms. The Bertz CT molecular complexity index is 341. The van der Waals surface area contributed by atoms with Gasteiger partial charge in [0.05, 0.1) is 0 Å². The van der Waals surface area contributed by atoms with Crippen LogP contribution in [0.25, 0.3) is 0 Å². The standard InChI is InChI=1S/C12H24N4S/c1-9(2)10(7-14-12(3,4)5)17-11-13-8-15-16(11)6/h8-10,14H,7H2,1-6H3. The number of hydrogen-bond donors (Lipinski definition) is 1. The maximum Gasteiger partial charge on any atom is 0.186 e. The summed E-state index contributed by atoms with van der Waals surface area (Å²) in [5, 5.41) is 9.16. The van der Waals surface area contributed by atoms with Gasteiger partial charge in [0.25, 0.3) is 0 Å². The lowest BCUT2D eigenvalue weighted by atomic mass is 10.1. The third-order valence-corrected chi connectivity index (χ3v) is 4.10. The van der Waals surface area contributed by atoms with E-state index in [0.717, 1.165) is 11.7 Å². The van der Waals surface area contributed by atoms with Crippen LogP contribution in [0.5, 0.6) is 0 Å². The van der Waals surface area contributed by atoms with Crippen LogP contribution in [0.2, 0.25) is 0 Å². The van der Waals surface area contributed by atoms with Crippen molar-refractivity contribution in [2.75, 3.05) is 6.54 Å². The van der Waals surface area contributed by atoms with Gasteiger partial charge in [0.15, 0.2) is 5.16 Å². The van der Waals surface area contributed by atoms with Crippen LogP contribution in [0.4, 0.5) is 0 Å². The van der Waals surface area contributed by atoms with Gasteiger partial charge in [-0.3, -0.25) is 0 Å². The lowest BCUT2D eigenvalue weighted by molar-refractivity contribution is 0.407. The van der Waals surface area contributed by atoms with Gasteiger partial charge in [-0.05, 0) is 26.7 Å². The van der Waals surface area contributed by atoms with E-state index in [1.807, 2.05) is 11.7 Å². The molecule has 0 aliphatic heterocycles. The van der Waals surface area contributed by atoms with Crippen LogP contribution in [-0.4, -0.2) is 32.1 Å². The number of aromatic nitrogens is 3. The molecule has 4 nitrogen and oxygen atoms in total. The molecule has 1 rings (SSSR count). The van der Waals surface area contributed by atoms with Crippen molar-refractivity contribution in [1.29, 1.82) is 0 Å². The first kappa shape index (κ1) is 14.5. The predicted molar refractivity (Wildman–Crippen MR) is 73.2 cm³/mol. The number of rotatable bonds is 5. The minimum Gasteiger partial charge on any atom is -0.311 e. The molecule has 0 fully saturated rings. The zero-order valence-corrected chi connectivity index (χ0v) is 12.5. The van der Waals surface area contributed by atoms with Gasteiger partial charge in [0, 0.05) is 24.4 Å². The molecule has 0 radical (unpaired) electrons. The lowest BCUT2D eigenvalue weighted by Gasteiger charge is -2.26. The van der Waals surface area contributed by atoms with Gasteiger partial charge in [0.1, 0.15) is 6.33 Å². The summed E-state index contributed by atoms with van der Waals surface area (Å²) in [7, 11) is 1.93. The van der Waals surface area contributed by atoms with Crippen LogP contribution in [0, 0.1) is 5.92 Å². The number of nitrogens with one attached hydrogen (secondary N) is 1. The molecule has 1 aromatic rings. The first-order valence-electron chi connectivity index (χ1n) is 6.05. The van der Waals surface area contributed by atoms with Gasteiger partial charge in [-0.2, -0.15) is 5.10 Å². The van der Waals surface area contributed by atoms with Gasteiger partial charge in [0.2, 0.25) is 0 Å². The summed E-state index contributed by atoms with van der Waals surface area (Å²) in [5.74, 6) is 0.603. The van der Waals surface area contributed by atoms with Gasteiger partial charge >= 0.3 is 0 Å². The maximum atomic E-state index is 4.27. The monoisotopic (exact) mass is 256 g/mol. The fraction of sp³-hybridized carbons (Fsp3) is 0.833. The molecule has 0 bridgehead atoms. The second kappa shape index (κ2) is 5.87. The summed E-state index contributed by atoms with van der Waals surface area (Å²) in [5.41, 5.74) is 0.160. The van der Waals surface area contributed by atoms with E-state index in [1.54, 1.807) is 18.1 Å². The molecule has 0 aliphatic rings. The highest BCUT2D eigenvalue weighted by Gasteiger charge is 2.20. The molecular formula is C12H24N4S. The van der Waals surface area contributed by atoms with Crippen LogP contribution in [-0.2, 0) is 7.05 Å². The largest absolute Gasteiger partial charge is 0.311 e. The molecular weight excluding hydrogens is 232 g/mol. The van der Waals surface area contributed by atoms with Gasteiger partial charge in [-0.1, -0.05) is 25.6 Å². The predicted octanol–water partition coefficient (Wildman–Crippen LogP) is 2.32. The first-order chi connectivity index (χ1) is 7.79. The summed E-state index contributed by atoms with van der Waals surface area (Å²) >= 11 is 1.80. The molecule has 0 saturated heterocycles. The second-order valence-corrected chi connectivity index (χ2v) is 6.90. The molecule has 1 unspecified atom stereocenters. The van der Waals surface area contributed by atoms with Gasteiger partial charge in [-0.25, -0.2) is 9.67 Å². The zero-order chi connectivity index (χ0) is 13.1. The van der Waals surface area contributed by atoms with E-state index in [4.69, 9.17) is 0 Å². The van der Waals surface area contributed by atoms with Crippen molar-refractivity contribution in [1.82, 2.24) is 20.1 Å². The van der Waals surface area contributed by atoms with Crippen molar-refractivity contribution in [3.63, 3.8) is 0 Å². The van der Waals surface area contributed by atoms with E-state index in [-0.39, 0.29) is 5.54 Å². The molecule has 0 saturated carbocycles. The highest BCUT2D eigenvalue weighted by molar-refractivity contribution is 7.99. The molecule has 1 atom stereocenters. The molecule has 0 spiro atoms. The van der Waals surface area contributed by atoms with Crippen molar-refractivity contribution in [3.05, 3.63) is 6.33 Å². The van der Waals surface area contributed by atoms with Crippen LogP contribution >= 0.6 is 11.8 Å². The number of nitrogens with zero attached hydrogens (tertiary/aromatic N) is 3. The van der Waals surface area contributed by atoms with Gasteiger partial charge < -0.3 is 5.32 Å². The summed E-state index contributed by atoms with van der Waals surface area (Å²) in [4.78, 5) is 4.27. The smallest absolute Gasteiger partial charge is 0.186 e. The second-order valence-electron chi connectivity index (χ2n) is 5.70. The third-order valence-electron chi connectivity index (χ3n) is 2.50. The fourth-order valence-electron chi connectivity index (χ4n) is 1.35. The summed E-state index contributed by atoms with van der Waals surface area (Å²) in [6.07, 6.45) is 1.61. The Morgan fingerprint density at radius 1 is 1.41 bits per heavy atom. The fourth-order valence-corrected chi connectivity index (χ4v) is 2.37. The van der Waals surface area contributed by atoms with Crippen molar-refractivity contribution in [2.45, 2.75) is 50.6 Å². The van der Waals surface area contributed by atoms with E-state index >= 15 is 0 Å². The Labute approximate surface area is 109 Å². The summed E-state index contributed by atoms with van der Waals surface area (Å²) < 4.78 is 1.83. The third kappa shape index (κ3) is 5.08. The molecule has 5 heteroatoms. The van der Waals surface area contributed by atoms with Crippen LogP contribution in [0.1, 0.15) is 34.6 Å². The average molecular weight is 256 g/mol. The number of thioether (sulfide) groups is 1. The number of aryl methyl sites for hydroxylation is 1. The van der Waals surface area contributed by atoms with Crippen LogP contribution < -0.4 is 5.32 Å². The molecule has 0 aromatic carbocycles. The normalized spacial score (nSPS) is 14.3. The zero-order valence-electron chi connectivity index (χ0n) is 11.7. The van der Waals surface area contributed by atoms with Crippen molar-refractivity contribution in [3.8, 4) is 0 Å². The Morgan fingerprint density at radius 3 is 2.47 bits per heavy atom. The molecule has 1 aromatic heterocycles. The average Bonchev–Trinajstić information content (AvgIpc) is 2.56. The summed E-state index contributed by atoms with van der Waals surface area (Å²) in [6, 6.07) is 0. The minimum atomic E-state index is 0.160. The Balaban J connectivity index is 2.58. The van der Waals surface area contributed by atoms with Crippen molar-refractivity contribution < 1.29 is 0 Å². The SMILES string of the molecule is CC(C)C(CNC(C)(C)C)Sc1ncnn1C. The Hall–Kier alpha value is -0.550. The molecule has 1 N–H and O–H groups in total. The van der Waals surface area contributed by atoms with E-state index in [1.165, 1.54) is 0 Å². The molecule has 1 heterocycles. The molecule has 0 amide bonds. The highest BCUT2D eigenvalue weighted by atomic mass is 32.2. The highest BCUT2D eigenvalue weighted by Crippen LogP contribution is 2.25. The maximum absolute atomic E-state index is 4.27. The van der Waals surface area contributed by atoms with E-state index in [2.05, 4.69) is 50.0 Å². The summed E-state index contributed by atoms with van der Waals surface area (Å²) in [6.45, 7) is 12.1. The van der Waals surface area contributed by atoms with Crippen LogP contribution in [0.3, 0.4) is 0 Å². The van der Waals surface area contributed by atoms with E-state index < -0.39 is 0 Å². The van der Waals surface area contributed by atoms with Crippen molar-refractivity contribution >= 4 is 11.8 Å². The lowest BCUT2D eigenvalue weighted by Crippen LogP contribution is -2.41. The molecule has 0 aliphatic carbocycles. The Kier molecular flexibility index (Phi) is 5.01. The number of hydrogen-bond acceptors (Lipinski definition) is 4. The van der Waals surface area contributed by atoms with Gasteiger partial charge in [-0.15, -0.1) is 0 Å². The topological polar surface area (TPSA) is 42.7 Å². The van der Waals surface area contributed by atoms with E-state index in [9.17, 15) is 0 Å². The van der Waals surface area contributed by atoms with Crippen molar-refractivity contribution in [2.24, 2.45) is 13.0 Å². The Morgan fingerprint density at radius 2 is 2.06 bits per heavy atom. The minimum absolute atomic E-state index is 0.160. The molecule has 98 valence electrons. The van der Waals surface area contributed by atoms with Crippen LogP contribution in [0.15, 0.2) is 11.5 Å². The van der Waals surface area contributed by atoms with E-state index in [0.29, 0.717) is 11.2 Å². The quantitative estimate of drug-likeness (QED) is 0.821.